The van der Waals surface area contributed by atoms with Crippen LogP contribution in [0.4, 0.5) is 0 Å². The molecular weight excluding hydrogens is 250 g/mol. The van der Waals surface area contributed by atoms with E-state index in [0.717, 1.165) is 10.8 Å². The lowest BCUT2D eigenvalue weighted by atomic mass is 9.97. The molecule has 0 aliphatic carbocycles. The molecule has 0 bridgehead atoms. The van der Waals surface area contributed by atoms with Crippen LogP contribution >= 0.6 is 12.2 Å². The third kappa shape index (κ3) is 2.43. The van der Waals surface area contributed by atoms with E-state index in [9.17, 15) is 9.90 Å². The van der Waals surface area contributed by atoms with Gasteiger partial charge < -0.3 is 10.8 Å². The van der Waals surface area contributed by atoms with Crippen LogP contribution < -0.4 is 5.73 Å². The predicted molar refractivity (Wildman–Crippen MR) is 71.3 cm³/mol. The van der Waals surface area contributed by atoms with Crippen LogP contribution in [-0.4, -0.2) is 26.3 Å². The fourth-order valence-corrected chi connectivity index (χ4v) is 1.98. The summed E-state index contributed by atoms with van der Waals surface area (Å²) in [5.41, 5.74) is 5.83. The number of hydrogen-bond acceptors (Lipinski definition) is 4. The van der Waals surface area contributed by atoms with E-state index in [1.54, 1.807) is 6.20 Å². The van der Waals surface area contributed by atoms with Crippen LogP contribution in [0.5, 0.6) is 0 Å². The summed E-state index contributed by atoms with van der Waals surface area (Å²) in [6, 6.07) is 7.35. The van der Waals surface area contributed by atoms with Gasteiger partial charge in [-0.2, -0.15) is 10.2 Å². The first-order valence-corrected chi connectivity index (χ1v) is 5.72. The molecule has 0 spiro atoms. The molecule has 1 aromatic heterocycles. The molecule has 1 heterocycles. The number of rotatable bonds is 4. The van der Waals surface area contributed by atoms with Gasteiger partial charge in [0.05, 0.1) is 16.9 Å². The van der Waals surface area contributed by atoms with Gasteiger partial charge in [0, 0.05) is 17.2 Å². The normalized spacial score (nSPS) is 12.2. The lowest BCUT2D eigenvalue weighted by Crippen LogP contribution is -2.21. The van der Waals surface area contributed by atoms with E-state index >= 15 is 0 Å². The van der Waals surface area contributed by atoms with Gasteiger partial charge in [-0.25, -0.2) is 0 Å². The molecule has 6 heteroatoms. The lowest BCUT2D eigenvalue weighted by Gasteiger charge is -2.12. The quantitative estimate of drug-likeness (QED) is 0.810. The van der Waals surface area contributed by atoms with Crippen LogP contribution in [0.15, 0.2) is 30.5 Å². The molecule has 2 rings (SSSR count). The van der Waals surface area contributed by atoms with Crippen LogP contribution in [0.2, 0.25) is 0 Å². The minimum Gasteiger partial charge on any atom is -0.481 e. The van der Waals surface area contributed by atoms with Crippen molar-refractivity contribution in [3.05, 3.63) is 36.2 Å². The van der Waals surface area contributed by atoms with Gasteiger partial charge >= 0.3 is 5.97 Å². The molecule has 0 radical (unpaired) electrons. The zero-order valence-corrected chi connectivity index (χ0v) is 10.2. The van der Waals surface area contributed by atoms with Crippen LogP contribution in [-0.2, 0) is 4.79 Å². The zero-order chi connectivity index (χ0) is 13.1. The molecule has 3 N–H and O–H groups in total. The van der Waals surface area contributed by atoms with E-state index in [4.69, 9.17) is 18.0 Å². The van der Waals surface area contributed by atoms with Crippen molar-refractivity contribution in [2.24, 2.45) is 5.73 Å². The molecule has 0 saturated heterocycles. The largest absolute Gasteiger partial charge is 0.481 e. The number of nitrogens with zero attached hydrogens (tertiary/aromatic N) is 2. The standard InChI is InChI=1S/C12H11N3O2S/c13-10(18)5-9(12(16)17)11-8-4-2-1-3-7(8)6-14-15-11/h1-4,6,9H,5H2,(H2,13,18)(H,16,17). The summed E-state index contributed by atoms with van der Waals surface area (Å²) in [4.78, 5) is 11.4. The summed E-state index contributed by atoms with van der Waals surface area (Å²) in [5.74, 6) is -1.87. The summed E-state index contributed by atoms with van der Waals surface area (Å²) < 4.78 is 0. The highest BCUT2D eigenvalue weighted by atomic mass is 32.1. The van der Waals surface area contributed by atoms with Gasteiger partial charge in [-0.1, -0.05) is 36.5 Å². The second-order valence-electron chi connectivity index (χ2n) is 3.88. The van der Waals surface area contributed by atoms with Crippen molar-refractivity contribution in [1.82, 2.24) is 10.2 Å². The summed E-state index contributed by atoms with van der Waals surface area (Å²) in [6.07, 6.45) is 1.67. The van der Waals surface area contributed by atoms with Crippen molar-refractivity contribution in [3.8, 4) is 0 Å². The van der Waals surface area contributed by atoms with Crippen LogP contribution in [0, 0.1) is 0 Å². The van der Waals surface area contributed by atoms with E-state index in [1.807, 2.05) is 24.3 Å². The van der Waals surface area contributed by atoms with Crippen molar-refractivity contribution in [2.45, 2.75) is 12.3 Å². The van der Waals surface area contributed by atoms with Gasteiger partial charge in [0.25, 0.3) is 0 Å². The van der Waals surface area contributed by atoms with E-state index in [0.29, 0.717) is 5.69 Å². The number of nitrogens with two attached hydrogens (primary N) is 1. The average Bonchev–Trinajstić information content (AvgIpc) is 2.35. The van der Waals surface area contributed by atoms with Crippen LogP contribution in [0.3, 0.4) is 0 Å². The number of fused-ring (bicyclic) bond motifs is 1. The number of aliphatic carboxylic acids is 1. The molecule has 0 amide bonds. The smallest absolute Gasteiger partial charge is 0.313 e. The highest BCUT2D eigenvalue weighted by molar-refractivity contribution is 7.80. The van der Waals surface area contributed by atoms with Crippen molar-refractivity contribution >= 4 is 33.9 Å². The molecule has 0 aliphatic heterocycles. The molecule has 0 fully saturated rings. The number of aromatic nitrogens is 2. The van der Waals surface area contributed by atoms with Crippen LogP contribution in [0.25, 0.3) is 10.8 Å². The third-order valence-corrected chi connectivity index (χ3v) is 2.80. The second kappa shape index (κ2) is 5.05. The van der Waals surface area contributed by atoms with Gasteiger partial charge in [-0.05, 0) is 0 Å². The Morgan fingerprint density at radius 2 is 2.17 bits per heavy atom. The SMILES string of the molecule is NC(=S)CC(C(=O)O)c1nncc2ccccc12. The molecule has 18 heavy (non-hydrogen) atoms. The first-order valence-electron chi connectivity index (χ1n) is 5.31. The summed E-state index contributed by atoms with van der Waals surface area (Å²) >= 11 is 4.78. The Balaban J connectivity index is 2.57. The molecule has 0 saturated carbocycles. The Hall–Kier alpha value is -2.08. The molecular formula is C12H11N3O2S. The number of hydrogen-bond donors (Lipinski definition) is 2. The lowest BCUT2D eigenvalue weighted by molar-refractivity contribution is -0.138. The number of carbonyl (C=O) groups is 1. The zero-order valence-electron chi connectivity index (χ0n) is 9.41. The summed E-state index contributed by atoms with van der Waals surface area (Å²) in [6.45, 7) is 0. The minimum absolute atomic E-state index is 0.0767. The van der Waals surface area contributed by atoms with Gasteiger partial charge in [-0.15, -0.1) is 0 Å². The van der Waals surface area contributed by atoms with Crippen LogP contribution in [0.1, 0.15) is 18.0 Å². The summed E-state index contributed by atoms with van der Waals surface area (Å²) in [5, 5.41) is 18.6. The Labute approximate surface area is 109 Å². The first-order chi connectivity index (χ1) is 8.59. The molecule has 2 aromatic rings. The molecule has 92 valence electrons. The molecule has 0 aliphatic rings. The Bertz CT molecular complexity index is 610. The van der Waals surface area contributed by atoms with E-state index in [2.05, 4.69) is 10.2 Å². The Morgan fingerprint density at radius 1 is 1.44 bits per heavy atom. The maximum Gasteiger partial charge on any atom is 0.313 e. The van der Waals surface area contributed by atoms with E-state index in [1.165, 1.54) is 0 Å². The minimum atomic E-state index is -1.01. The topological polar surface area (TPSA) is 89.1 Å². The number of thiocarbonyl (C=S) groups is 1. The van der Waals surface area contributed by atoms with Gasteiger partial charge in [-0.3, -0.25) is 4.79 Å². The number of benzene rings is 1. The van der Waals surface area contributed by atoms with Gasteiger partial charge in [0.2, 0.25) is 0 Å². The average molecular weight is 261 g/mol. The Kier molecular flexibility index (Phi) is 3.47. The second-order valence-corrected chi connectivity index (χ2v) is 4.40. The molecule has 1 unspecified atom stereocenters. The van der Waals surface area contributed by atoms with Gasteiger partial charge in [0.15, 0.2) is 0 Å². The number of carboxylic acids is 1. The van der Waals surface area contributed by atoms with Crippen molar-refractivity contribution < 1.29 is 9.90 Å². The molecule has 1 atom stereocenters. The fourth-order valence-electron chi connectivity index (χ4n) is 1.81. The van der Waals surface area contributed by atoms with E-state index < -0.39 is 11.9 Å². The highest BCUT2D eigenvalue weighted by Crippen LogP contribution is 2.25. The van der Waals surface area contributed by atoms with E-state index in [-0.39, 0.29) is 11.4 Å². The predicted octanol–water partition coefficient (Wildman–Crippen LogP) is 1.47. The molecule has 1 aromatic carbocycles. The van der Waals surface area contributed by atoms with Crippen molar-refractivity contribution in [3.63, 3.8) is 0 Å². The highest BCUT2D eigenvalue weighted by Gasteiger charge is 2.24. The summed E-state index contributed by atoms with van der Waals surface area (Å²) in [7, 11) is 0. The van der Waals surface area contributed by atoms with Gasteiger partial charge in [0.1, 0.15) is 5.92 Å². The Morgan fingerprint density at radius 3 is 2.83 bits per heavy atom. The maximum atomic E-state index is 11.3. The fraction of sp³-hybridized carbons (Fsp3) is 0.167. The number of carboxylic acid groups (broad SMARTS) is 1. The van der Waals surface area contributed by atoms with Crippen molar-refractivity contribution in [1.29, 1.82) is 0 Å². The maximum absolute atomic E-state index is 11.3. The monoisotopic (exact) mass is 261 g/mol. The molecule has 5 nitrogen and oxygen atoms in total. The third-order valence-electron chi connectivity index (χ3n) is 2.63. The first kappa shape index (κ1) is 12.4. The van der Waals surface area contributed by atoms with Crippen molar-refractivity contribution in [2.75, 3.05) is 0 Å².